The summed E-state index contributed by atoms with van der Waals surface area (Å²) in [5.41, 5.74) is 7.65. The fourth-order valence-corrected chi connectivity index (χ4v) is 2.88. The van der Waals surface area contributed by atoms with Crippen molar-refractivity contribution in [1.29, 1.82) is 0 Å². The van der Waals surface area contributed by atoms with Gasteiger partial charge in [0.2, 0.25) is 0 Å². The molecule has 1 rings (SSSR count). The number of aryl methyl sites for hydroxylation is 1. The highest BCUT2D eigenvalue weighted by molar-refractivity contribution is 8.00. The zero-order valence-electron chi connectivity index (χ0n) is 11.2. The first kappa shape index (κ1) is 14.9. The lowest BCUT2D eigenvalue weighted by Crippen LogP contribution is -2.18. The number of ether oxygens (including phenoxy) is 1. The van der Waals surface area contributed by atoms with Crippen molar-refractivity contribution in [3.05, 3.63) is 23.8 Å². The first-order valence-corrected chi connectivity index (χ1v) is 7.07. The number of anilines is 1. The Kier molecular flexibility index (Phi) is 6.05. The highest BCUT2D eigenvalue weighted by atomic mass is 32.2. The predicted octanol–water partition coefficient (Wildman–Crippen LogP) is 3.40. The number of unbranched alkanes of at least 4 members (excludes halogenated alkanes) is 1. The molecule has 0 saturated heterocycles. The van der Waals surface area contributed by atoms with Crippen LogP contribution in [-0.2, 0) is 9.53 Å². The minimum Gasteiger partial charge on any atom is -0.468 e. The van der Waals surface area contributed by atoms with Crippen molar-refractivity contribution in [3.63, 3.8) is 0 Å². The van der Waals surface area contributed by atoms with Gasteiger partial charge in [-0.15, -0.1) is 11.8 Å². The molecule has 18 heavy (non-hydrogen) atoms. The maximum absolute atomic E-state index is 11.7. The normalized spacial score (nSPS) is 12.2. The molecule has 0 aliphatic heterocycles. The maximum atomic E-state index is 11.7. The van der Waals surface area contributed by atoms with Crippen molar-refractivity contribution < 1.29 is 9.53 Å². The van der Waals surface area contributed by atoms with Crippen molar-refractivity contribution in [2.45, 2.75) is 43.3 Å². The van der Waals surface area contributed by atoms with Crippen LogP contribution < -0.4 is 5.73 Å². The molecular formula is C14H21NO2S. The smallest absolute Gasteiger partial charge is 0.319 e. The van der Waals surface area contributed by atoms with Gasteiger partial charge in [0.05, 0.1) is 7.11 Å². The third kappa shape index (κ3) is 4.26. The quantitative estimate of drug-likeness (QED) is 0.487. The molecule has 4 heteroatoms. The Bertz CT molecular complexity index is 407. The van der Waals surface area contributed by atoms with E-state index >= 15 is 0 Å². The molecule has 0 amide bonds. The molecule has 0 saturated carbocycles. The Morgan fingerprint density at radius 3 is 2.83 bits per heavy atom. The fourth-order valence-electron chi connectivity index (χ4n) is 1.64. The molecule has 1 atom stereocenters. The van der Waals surface area contributed by atoms with Gasteiger partial charge < -0.3 is 10.5 Å². The van der Waals surface area contributed by atoms with E-state index in [1.807, 2.05) is 25.1 Å². The standard InChI is InChI=1S/C14H21NO2S/c1-4-5-6-12(14(16)17-3)18-13-9-11(15)8-7-10(13)2/h7-9,12H,4-6,15H2,1-3H3. The van der Waals surface area contributed by atoms with Gasteiger partial charge in [-0.05, 0) is 31.0 Å². The number of hydrogen-bond acceptors (Lipinski definition) is 4. The summed E-state index contributed by atoms with van der Waals surface area (Å²) in [6.07, 6.45) is 2.93. The molecule has 0 radical (unpaired) electrons. The van der Waals surface area contributed by atoms with Crippen LogP contribution in [0.1, 0.15) is 31.7 Å². The Labute approximate surface area is 113 Å². The number of hydrogen-bond donors (Lipinski definition) is 1. The molecule has 0 fully saturated rings. The number of nitrogens with two attached hydrogens (primary N) is 1. The topological polar surface area (TPSA) is 52.3 Å². The van der Waals surface area contributed by atoms with E-state index in [1.54, 1.807) is 11.8 Å². The minimum absolute atomic E-state index is 0.143. The summed E-state index contributed by atoms with van der Waals surface area (Å²) in [5, 5.41) is -0.143. The van der Waals surface area contributed by atoms with E-state index in [-0.39, 0.29) is 11.2 Å². The molecule has 0 aromatic heterocycles. The second kappa shape index (κ2) is 7.31. The van der Waals surface area contributed by atoms with Crippen LogP contribution in [0.4, 0.5) is 5.69 Å². The molecule has 1 aromatic rings. The molecule has 2 N–H and O–H groups in total. The molecule has 3 nitrogen and oxygen atoms in total. The molecule has 0 spiro atoms. The largest absolute Gasteiger partial charge is 0.468 e. The zero-order valence-corrected chi connectivity index (χ0v) is 12.0. The van der Waals surface area contributed by atoms with Gasteiger partial charge >= 0.3 is 5.97 Å². The Hall–Kier alpha value is -1.16. The lowest BCUT2D eigenvalue weighted by atomic mass is 10.2. The van der Waals surface area contributed by atoms with Gasteiger partial charge in [-0.1, -0.05) is 25.8 Å². The third-order valence-corrected chi connectivity index (χ3v) is 4.17. The number of methoxy groups -OCH3 is 1. The Balaban J connectivity index is 2.81. The maximum Gasteiger partial charge on any atom is 0.319 e. The van der Waals surface area contributed by atoms with Crippen molar-refractivity contribution in [3.8, 4) is 0 Å². The number of thioether (sulfide) groups is 1. The number of benzene rings is 1. The molecule has 100 valence electrons. The average molecular weight is 267 g/mol. The van der Waals surface area contributed by atoms with E-state index < -0.39 is 0 Å². The zero-order chi connectivity index (χ0) is 13.5. The summed E-state index contributed by atoms with van der Waals surface area (Å²) in [6.45, 7) is 4.14. The lowest BCUT2D eigenvalue weighted by Gasteiger charge is -2.15. The predicted molar refractivity (Wildman–Crippen MR) is 76.8 cm³/mol. The summed E-state index contributed by atoms with van der Waals surface area (Å²) in [7, 11) is 1.44. The van der Waals surface area contributed by atoms with Crippen LogP contribution in [0.15, 0.2) is 23.1 Å². The van der Waals surface area contributed by atoms with Gasteiger partial charge in [0.25, 0.3) is 0 Å². The Morgan fingerprint density at radius 2 is 2.22 bits per heavy atom. The van der Waals surface area contributed by atoms with Gasteiger partial charge in [-0.2, -0.15) is 0 Å². The number of carbonyl (C=O) groups excluding carboxylic acids is 1. The minimum atomic E-state index is -0.157. The van der Waals surface area contributed by atoms with Crippen LogP contribution in [-0.4, -0.2) is 18.3 Å². The van der Waals surface area contributed by atoms with Crippen LogP contribution in [0, 0.1) is 6.92 Å². The van der Waals surface area contributed by atoms with E-state index in [4.69, 9.17) is 10.5 Å². The van der Waals surface area contributed by atoms with Crippen molar-refractivity contribution in [1.82, 2.24) is 0 Å². The number of esters is 1. The molecule has 1 unspecified atom stereocenters. The number of rotatable bonds is 6. The summed E-state index contributed by atoms with van der Waals surface area (Å²) in [5.74, 6) is -0.157. The van der Waals surface area contributed by atoms with Crippen molar-refractivity contribution in [2.24, 2.45) is 0 Å². The van der Waals surface area contributed by atoms with E-state index in [2.05, 4.69) is 6.92 Å². The lowest BCUT2D eigenvalue weighted by molar-refractivity contribution is -0.140. The van der Waals surface area contributed by atoms with Gasteiger partial charge in [0.1, 0.15) is 5.25 Å². The average Bonchev–Trinajstić information content (AvgIpc) is 2.37. The third-order valence-electron chi connectivity index (χ3n) is 2.77. The SMILES string of the molecule is CCCCC(Sc1cc(N)ccc1C)C(=O)OC. The molecule has 0 bridgehead atoms. The van der Waals surface area contributed by atoms with Gasteiger partial charge in [0, 0.05) is 10.6 Å². The van der Waals surface area contributed by atoms with E-state index in [1.165, 1.54) is 7.11 Å². The molecule has 1 aromatic carbocycles. The van der Waals surface area contributed by atoms with Crippen LogP contribution >= 0.6 is 11.8 Å². The summed E-state index contributed by atoms with van der Waals surface area (Å²) in [4.78, 5) is 12.8. The molecule has 0 aliphatic rings. The number of carbonyl (C=O) groups is 1. The van der Waals surface area contributed by atoms with Gasteiger partial charge in [-0.25, -0.2) is 0 Å². The second-order valence-electron chi connectivity index (χ2n) is 4.30. The van der Waals surface area contributed by atoms with Crippen LogP contribution in [0.5, 0.6) is 0 Å². The van der Waals surface area contributed by atoms with Crippen LogP contribution in [0.3, 0.4) is 0 Å². The first-order chi connectivity index (χ1) is 8.58. The van der Waals surface area contributed by atoms with E-state index in [0.29, 0.717) is 0 Å². The summed E-state index contributed by atoms with van der Waals surface area (Å²) >= 11 is 1.55. The Morgan fingerprint density at radius 1 is 1.50 bits per heavy atom. The first-order valence-electron chi connectivity index (χ1n) is 6.19. The van der Waals surface area contributed by atoms with Crippen molar-refractivity contribution in [2.75, 3.05) is 12.8 Å². The second-order valence-corrected chi connectivity index (χ2v) is 5.54. The van der Waals surface area contributed by atoms with Crippen LogP contribution in [0.25, 0.3) is 0 Å². The molecule has 0 aliphatic carbocycles. The number of nitrogen functional groups attached to an aromatic ring is 1. The van der Waals surface area contributed by atoms with Gasteiger partial charge in [0.15, 0.2) is 0 Å². The molecular weight excluding hydrogens is 246 g/mol. The molecule has 0 heterocycles. The summed E-state index contributed by atoms with van der Waals surface area (Å²) in [6, 6.07) is 5.77. The monoisotopic (exact) mass is 267 g/mol. The fraction of sp³-hybridized carbons (Fsp3) is 0.500. The highest BCUT2D eigenvalue weighted by Gasteiger charge is 2.20. The van der Waals surface area contributed by atoms with Gasteiger partial charge in [-0.3, -0.25) is 4.79 Å². The highest BCUT2D eigenvalue weighted by Crippen LogP contribution is 2.31. The van der Waals surface area contributed by atoms with Crippen molar-refractivity contribution >= 4 is 23.4 Å². The van der Waals surface area contributed by atoms with Crippen LogP contribution in [0.2, 0.25) is 0 Å². The van der Waals surface area contributed by atoms with E-state index in [0.717, 1.165) is 35.4 Å². The van der Waals surface area contributed by atoms with E-state index in [9.17, 15) is 4.79 Å². The summed E-state index contributed by atoms with van der Waals surface area (Å²) < 4.78 is 4.86.